The van der Waals surface area contributed by atoms with Gasteiger partial charge in [-0.25, -0.2) is 0 Å². The van der Waals surface area contributed by atoms with Crippen molar-refractivity contribution in [1.82, 2.24) is 15.4 Å². The maximum Gasteiger partial charge on any atom is 0.273 e. The Morgan fingerprint density at radius 2 is 1.70 bits per heavy atom. The highest BCUT2D eigenvalue weighted by Crippen LogP contribution is 2.13. The van der Waals surface area contributed by atoms with E-state index in [9.17, 15) is 9.59 Å². The van der Waals surface area contributed by atoms with Crippen molar-refractivity contribution in [2.24, 2.45) is 0 Å². The second-order valence-corrected chi connectivity index (χ2v) is 7.19. The van der Waals surface area contributed by atoms with E-state index in [1.165, 1.54) is 0 Å². The number of aryl methyl sites for hydroxylation is 2. The Hall–Kier alpha value is -3.67. The lowest BCUT2D eigenvalue weighted by Crippen LogP contribution is -2.30. The minimum atomic E-state index is -0.328. The van der Waals surface area contributed by atoms with Crippen LogP contribution in [0.15, 0.2) is 71.8 Å². The Balaban J connectivity index is 1.63. The van der Waals surface area contributed by atoms with Gasteiger partial charge in [0.25, 0.3) is 11.8 Å². The molecule has 0 unspecified atom stereocenters. The highest BCUT2D eigenvalue weighted by Gasteiger charge is 2.19. The lowest BCUT2D eigenvalue weighted by molar-refractivity contribution is 0.0747. The summed E-state index contributed by atoms with van der Waals surface area (Å²) in [6.07, 6.45) is 1.65. The number of aromatic nitrogens is 1. The van der Waals surface area contributed by atoms with Crippen molar-refractivity contribution in [2.75, 3.05) is 6.54 Å². The van der Waals surface area contributed by atoms with Crippen LogP contribution in [0.4, 0.5) is 0 Å². The lowest BCUT2D eigenvalue weighted by atomic mass is 10.1. The highest BCUT2D eigenvalue weighted by atomic mass is 16.5. The van der Waals surface area contributed by atoms with Crippen LogP contribution in [0.2, 0.25) is 0 Å². The molecule has 0 saturated carbocycles. The van der Waals surface area contributed by atoms with Gasteiger partial charge in [-0.3, -0.25) is 9.59 Å². The molecule has 0 fully saturated rings. The molecule has 1 N–H and O–H groups in total. The molecule has 6 heteroatoms. The Morgan fingerprint density at radius 1 is 1.07 bits per heavy atom. The van der Waals surface area contributed by atoms with Gasteiger partial charge >= 0.3 is 0 Å². The number of nitrogens with zero attached hydrogens (tertiary/aromatic N) is 2. The number of hydrogen-bond acceptors (Lipinski definition) is 4. The van der Waals surface area contributed by atoms with Crippen LogP contribution < -0.4 is 5.32 Å². The van der Waals surface area contributed by atoms with Crippen LogP contribution >= 0.6 is 0 Å². The molecule has 154 valence electrons. The lowest BCUT2D eigenvalue weighted by Gasteiger charge is -2.19. The zero-order valence-electron chi connectivity index (χ0n) is 17.2. The molecule has 6 nitrogen and oxygen atoms in total. The molecular weight excluding hydrogens is 378 g/mol. The third-order valence-corrected chi connectivity index (χ3v) is 4.65. The zero-order valence-corrected chi connectivity index (χ0v) is 17.2. The summed E-state index contributed by atoms with van der Waals surface area (Å²) in [6.45, 7) is 8.64. The van der Waals surface area contributed by atoms with Crippen LogP contribution in [0.1, 0.15) is 43.3 Å². The first-order valence-corrected chi connectivity index (χ1v) is 9.72. The number of carbonyl (C=O) groups excluding carboxylic acids is 2. The fraction of sp³-hybridized carbons (Fsp3) is 0.208. The van der Waals surface area contributed by atoms with Gasteiger partial charge in [0.1, 0.15) is 0 Å². The Bertz CT molecular complexity index is 1020. The Labute approximate surface area is 176 Å². The Morgan fingerprint density at radius 3 is 2.33 bits per heavy atom. The molecule has 0 radical (unpaired) electrons. The SMILES string of the molecule is C=CCN(Cc1cc(C(=O)NCc2ccc(C)cc2)no1)C(=O)c1ccc(C)cc1. The third-order valence-electron chi connectivity index (χ3n) is 4.65. The van der Waals surface area contributed by atoms with E-state index < -0.39 is 0 Å². The number of carbonyl (C=O) groups is 2. The summed E-state index contributed by atoms with van der Waals surface area (Å²) >= 11 is 0. The number of nitrogens with one attached hydrogen (secondary N) is 1. The van der Waals surface area contributed by atoms with Crippen molar-refractivity contribution in [3.05, 3.63) is 101 Å². The predicted octanol–water partition coefficient (Wildman–Crippen LogP) is 4.05. The van der Waals surface area contributed by atoms with Gasteiger partial charge in [-0.15, -0.1) is 6.58 Å². The molecule has 30 heavy (non-hydrogen) atoms. The molecule has 0 saturated heterocycles. The first kappa shape index (κ1) is 21.0. The molecule has 3 rings (SSSR count). The molecule has 2 amide bonds. The smallest absolute Gasteiger partial charge is 0.273 e. The second-order valence-electron chi connectivity index (χ2n) is 7.19. The first-order valence-electron chi connectivity index (χ1n) is 9.72. The summed E-state index contributed by atoms with van der Waals surface area (Å²) in [6, 6.07) is 16.8. The van der Waals surface area contributed by atoms with Gasteiger partial charge in [-0.2, -0.15) is 0 Å². The standard InChI is InChI=1S/C24H25N3O3/c1-4-13-27(24(29)20-11-7-18(3)8-12-20)16-21-14-22(26-30-21)23(28)25-15-19-9-5-17(2)6-10-19/h4-12,14H,1,13,15-16H2,2-3H3,(H,25,28). The van der Waals surface area contributed by atoms with Gasteiger partial charge in [-0.05, 0) is 31.5 Å². The van der Waals surface area contributed by atoms with Crippen molar-refractivity contribution in [1.29, 1.82) is 0 Å². The van der Waals surface area contributed by atoms with Gasteiger partial charge in [0, 0.05) is 24.7 Å². The van der Waals surface area contributed by atoms with Crippen molar-refractivity contribution < 1.29 is 14.1 Å². The molecule has 0 atom stereocenters. The third kappa shape index (κ3) is 5.44. The van der Waals surface area contributed by atoms with Crippen LogP contribution in [0.5, 0.6) is 0 Å². The van der Waals surface area contributed by atoms with Crippen LogP contribution in [0.25, 0.3) is 0 Å². The summed E-state index contributed by atoms with van der Waals surface area (Å²) in [5.41, 5.74) is 4.00. The average Bonchev–Trinajstić information content (AvgIpc) is 3.21. The van der Waals surface area contributed by atoms with E-state index in [1.807, 2.05) is 50.2 Å². The summed E-state index contributed by atoms with van der Waals surface area (Å²) in [7, 11) is 0. The number of rotatable bonds is 8. The fourth-order valence-electron chi connectivity index (χ4n) is 2.92. The maximum atomic E-state index is 12.8. The van der Waals surface area contributed by atoms with Crippen molar-refractivity contribution in [3.63, 3.8) is 0 Å². The largest absolute Gasteiger partial charge is 0.359 e. The molecule has 3 aromatic rings. The van der Waals surface area contributed by atoms with Crippen molar-refractivity contribution in [2.45, 2.75) is 26.9 Å². The van der Waals surface area contributed by atoms with E-state index in [4.69, 9.17) is 4.52 Å². The van der Waals surface area contributed by atoms with E-state index in [0.717, 1.165) is 16.7 Å². The van der Waals surface area contributed by atoms with Crippen LogP contribution in [0, 0.1) is 13.8 Å². The molecule has 0 aliphatic rings. The minimum Gasteiger partial charge on any atom is -0.359 e. The Kier molecular flexibility index (Phi) is 6.80. The number of amides is 2. The van der Waals surface area contributed by atoms with Crippen LogP contribution in [0.3, 0.4) is 0 Å². The summed E-state index contributed by atoms with van der Waals surface area (Å²) in [5, 5.41) is 6.67. The van der Waals surface area contributed by atoms with Gasteiger partial charge in [0.15, 0.2) is 11.5 Å². The average molecular weight is 403 g/mol. The highest BCUT2D eigenvalue weighted by molar-refractivity contribution is 5.94. The number of benzene rings is 2. The van der Waals surface area contributed by atoms with E-state index in [2.05, 4.69) is 17.1 Å². The second kappa shape index (κ2) is 9.69. The van der Waals surface area contributed by atoms with E-state index in [1.54, 1.807) is 29.2 Å². The summed E-state index contributed by atoms with van der Waals surface area (Å²) in [4.78, 5) is 26.8. The molecule has 0 bridgehead atoms. The molecule has 1 heterocycles. The topological polar surface area (TPSA) is 75.4 Å². The van der Waals surface area contributed by atoms with Crippen LogP contribution in [-0.2, 0) is 13.1 Å². The van der Waals surface area contributed by atoms with Gasteiger partial charge < -0.3 is 14.7 Å². The molecule has 2 aromatic carbocycles. The van der Waals surface area contributed by atoms with E-state index in [0.29, 0.717) is 24.4 Å². The first-order chi connectivity index (χ1) is 14.5. The normalized spacial score (nSPS) is 10.5. The molecule has 1 aromatic heterocycles. The molecular formula is C24H25N3O3. The van der Waals surface area contributed by atoms with Gasteiger partial charge in [-0.1, -0.05) is 58.8 Å². The zero-order chi connectivity index (χ0) is 21.5. The van der Waals surface area contributed by atoms with Crippen LogP contribution in [-0.4, -0.2) is 28.4 Å². The van der Waals surface area contributed by atoms with Gasteiger partial charge in [0.05, 0.1) is 6.54 Å². The van der Waals surface area contributed by atoms with E-state index in [-0.39, 0.29) is 24.1 Å². The summed E-state index contributed by atoms with van der Waals surface area (Å²) in [5.74, 6) is -0.0415. The van der Waals surface area contributed by atoms with Gasteiger partial charge in [0.2, 0.25) is 0 Å². The predicted molar refractivity (Wildman–Crippen MR) is 115 cm³/mol. The summed E-state index contributed by atoms with van der Waals surface area (Å²) < 4.78 is 5.30. The van der Waals surface area contributed by atoms with Crippen molar-refractivity contribution in [3.8, 4) is 0 Å². The monoisotopic (exact) mass is 403 g/mol. The maximum absolute atomic E-state index is 12.8. The molecule has 0 aliphatic heterocycles. The molecule has 0 spiro atoms. The quantitative estimate of drug-likeness (QED) is 0.576. The van der Waals surface area contributed by atoms with Crippen molar-refractivity contribution >= 4 is 11.8 Å². The minimum absolute atomic E-state index is 0.142. The fourth-order valence-corrected chi connectivity index (χ4v) is 2.92. The number of hydrogen-bond donors (Lipinski definition) is 1. The van der Waals surface area contributed by atoms with E-state index >= 15 is 0 Å². The molecule has 0 aliphatic carbocycles.